The van der Waals surface area contributed by atoms with Gasteiger partial charge < -0.3 is 10.7 Å². The van der Waals surface area contributed by atoms with Crippen LogP contribution >= 0.6 is 0 Å². The summed E-state index contributed by atoms with van der Waals surface area (Å²) >= 11 is 0. The van der Waals surface area contributed by atoms with Crippen LogP contribution in [0.1, 0.15) is 44.9 Å². The first-order chi connectivity index (χ1) is 15.8. The molecule has 0 fully saturated rings. The predicted octanol–water partition coefficient (Wildman–Crippen LogP) is 7.63. The largest absolute Gasteiger partial charge is 0.378 e. The predicted molar refractivity (Wildman–Crippen MR) is 136 cm³/mol. The highest BCUT2D eigenvalue weighted by atomic mass is 14.9. The number of hydrogen-bond acceptors (Lipinski definition) is 2. The fraction of sp³-hybridized carbons (Fsp3) is 0.300. The molecule has 0 radical (unpaired) electrons. The van der Waals surface area contributed by atoms with Crippen molar-refractivity contribution in [2.45, 2.75) is 51.0 Å². The third-order valence-corrected chi connectivity index (χ3v) is 7.12. The van der Waals surface area contributed by atoms with E-state index >= 15 is 0 Å². The highest BCUT2D eigenvalue weighted by Gasteiger charge is 2.24. The molecule has 0 aromatic heterocycles. The van der Waals surface area contributed by atoms with E-state index in [0.717, 1.165) is 50.7 Å². The third-order valence-electron chi connectivity index (χ3n) is 7.12. The van der Waals surface area contributed by atoms with Crippen LogP contribution in [0.25, 0.3) is 0 Å². The summed E-state index contributed by atoms with van der Waals surface area (Å²) in [6, 6.07) is 10.8. The molecule has 1 aromatic rings. The lowest BCUT2D eigenvalue weighted by atomic mass is 9.79. The molecule has 0 saturated heterocycles. The molecule has 0 aliphatic heterocycles. The van der Waals surface area contributed by atoms with E-state index in [1.807, 2.05) is 0 Å². The molecule has 162 valence electrons. The van der Waals surface area contributed by atoms with E-state index in [0.29, 0.717) is 12.0 Å². The molecule has 2 atom stereocenters. The third kappa shape index (κ3) is 4.70. The maximum Gasteiger partial charge on any atom is 0.0547 e. The summed E-state index contributed by atoms with van der Waals surface area (Å²) in [5.41, 5.74) is 9.55. The van der Waals surface area contributed by atoms with Crippen molar-refractivity contribution in [3.8, 4) is 0 Å². The van der Waals surface area contributed by atoms with Crippen LogP contribution in [-0.2, 0) is 0 Å². The molecule has 2 heteroatoms. The van der Waals surface area contributed by atoms with Crippen molar-refractivity contribution in [3.05, 3.63) is 113 Å². The number of para-hydroxylation sites is 1. The first-order valence-electron chi connectivity index (χ1n) is 12.0. The van der Waals surface area contributed by atoms with Gasteiger partial charge in [0.2, 0.25) is 0 Å². The minimum Gasteiger partial charge on any atom is -0.378 e. The van der Waals surface area contributed by atoms with Gasteiger partial charge in [-0.25, -0.2) is 0 Å². The topological polar surface area (TPSA) is 35.9 Å². The zero-order valence-electron chi connectivity index (χ0n) is 18.7. The normalized spacial score (nSPS) is 25.4. The SMILES string of the molecule is N=C1CC=C(C2=CC=C(C3=CC=C(C4C=CC=CC4Nc4ccccc4)CC3)CC2)CC1. The zero-order chi connectivity index (χ0) is 21.8. The second kappa shape index (κ2) is 9.56. The van der Waals surface area contributed by atoms with Crippen molar-refractivity contribution in [3.63, 3.8) is 0 Å². The van der Waals surface area contributed by atoms with Crippen LogP contribution in [0.5, 0.6) is 0 Å². The van der Waals surface area contributed by atoms with Crippen molar-refractivity contribution >= 4 is 11.4 Å². The Morgan fingerprint density at radius 3 is 2.00 bits per heavy atom. The summed E-state index contributed by atoms with van der Waals surface area (Å²) in [5, 5.41) is 11.5. The van der Waals surface area contributed by atoms with E-state index in [9.17, 15) is 0 Å². The number of hydrogen-bond donors (Lipinski definition) is 2. The van der Waals surface area contributed by atoms with Crippen LogP contribution < -0.4 is 5.32 Å². The average molecular weight is 421 g/mol. The lowest BCUT2D eigenvalue weighted by Crippen LogP contribution is -2.29. The monoisotopic (exact) mass is 420 g/mol. The molecular formula is C30H32N2. The van der Waals surface area contributed by atoms with Gasteiger partial charge in [0.05, 0.1) is 6.04 Å². The Labute approximate surface area is 192 Å². The minimum absolute atomic E-state index is 0.299. The summed E-state index contributed by atoms with van der Waals surface area (Å²) in [5.74, 6) is 0.404. The Bertz CT molecular complexity index is 1090. The Morgan fingerprint density at radius 2 is 1.34 bits per heavy atom. The molecule has 0 amide bonds. The maximum absolute atomic E-state index is 7.82. The summed E-state index contributed by atoms with van der Waals surface area (Å²) in [4.78, 5) is 0. The molecule has 1 aromatic carbocycles. The fourth-order valence-corrected chi connectivity index (χ4v) is 5.22. The van der Waals surface area contributed by atoms with E-state index in [1.165, 1.54) is 33.6 Å². The van der Waals surface area contributed by atoms with Crippen LogP contribution in [-0.4, -0.2) is 11.8 Å². The van der Waals surface area contributed by atoms with Crippen molar-refractivity contribution in [1.29, 1.82) is 5.41 Å². The quantitative estimate of drug-likeness (QED) is 0.504. The molecule has 0 heterocycles. The van der Waals surface area contributed by atoms with Crippen LogP contribution in [0.2, 0.25) is 0 Å². The minimum atomic E-state index is 0.299. The van der Waals surface area contributed by atoms with Crippen molar-refractivity contribution in [1.82, 2.24) is 0 Å². The second-order valence-corrected chi connectivity index (χ2v) is 9.19. The van der Waals surface area contributed by atoms with E-state index < -0.39 is 0 Å². The lowest BCUT2D eigenvalue weighted by molar-refractivity contribution is 0.646. The fourth-order valence-electron chi connectivity index (χ4n) is 5.22. The van der Waals surface area contributed by atoms with Gasteiger partial charge in [-0.05, 0) is 73.0 Å². The average Bonchev–Trinajstić information content (AvgIpc) is 2.86. The van der Waals surface area contributed by atoms with Gasteiger partial charge in [0, 0.05) is 23.7 Å². The number of allylic oxidation sites excluding steroid dienone is 11. The van der Waals surface area contributed by atoms with Crippen LogP contribution in [0.4, 0.5) is 5.69 Å². The first-order valence-corrected chi connectivity index (χ1v) is 12.0. The molecule has 2 nitrogen and oxygen atoms in total. The zero-order valence-corrected chi connectivity index (χ0v) is 18.7. The van der Waals surface area contributed by atoms with Gasteiger partial charge in [-0.2, -0.15) is 0 Å². The molecule has 2 N–H and O–H groups in total. The molecule has 0 spiro atoms. The van der Waals surface area contributed by atoms with Gasteiger partial charge in [-0.1, -0.05) is 78.5 Å². The lowest BCUT2D eigenvalue weighted by Gasteiger charge is -2.30. The highest BCUT2D eigenvalue weighted by Crippen LogP contribution is 2.37. The maximum atomic E-state index is 7.82. The summed E-state index contributed by atoms with van der Waals surface area (Å²) in [7, 11) is 0. The second-order valence-electron chi connectivity index (χ2n) is 9.19. The van der Waals surface area contributed by atoms with E-state index in [2.05, 4.69) is 90.3 Å². The van der Waals surface area contributed by atoms with Crippen LogP contribution in [0.15, 0.2) is 113 Å². The number of benzene rings is 1. The van der Waals surface area contributed by atoms with Gasteiger partial charge in [0.1, 0.15) is 0 Å². The summed E-state index contributed by atoms with van der Waals surface area (Å²) in [6.07, 6.45) is 28.0. The molecular weight excluding hydrogens is 388 g/mol. The smallest absolute Gasteiger partial charge is 0.0547 e. The Balaban J connectivity index is 1.28. The van der Waals surface area contributed by atoms with E-state index in [-0.39, 0.29) is 0 Å². The standard InChI is InChI=1S/C30H32N2/c31-27-20-18-25(19-21-27)23-12-10-22(11-13-23)24-14-16-26(17-15-24)29-8-4-5-9-30(29)32-28-6-2-1-3-7-28/h1-10,12,14,16,18,29-32H,11,13,15,17,19-21H2. The van der Waals surface area contributed by atoms with Crippen molar-refractivity contribution in [2.75, 3.05) is 5.32 Å². The van der Waals surface area contributed by atoms with E-state index in [4.69, 9.17) is 5.41 Å². The van der Waals surface area contributed by atoms with E-state index in [1.54, 1.807) is 0 Å². The molecule has 4 aliphatic rings. The number of rotatable bonds is 5. The van der Waals surface area contributed by atoms with Gasteiger partial charge in [-0.3, -0.25) is 0 Å². The van der Waals surface area contributed by atoms with Gasteiger partial charge in [0.25, 0.3) is 0 Å². The molecule has 32 heavy (non-hydrogen) atoms. The summed E-state index contributed by atoms with van der Waals surface area (Å²) in [6.45, 7) is 0. The molecule has 4 aliphatic carbocycles. The highest BCUT2D eigenvalue weighted by molar-refractivity contribution is 5.84. The Hall–Kier alpha value is -3.13. The Kier molecular flexibility index (Phi) is 6.20. The van der Waals surface area contributed by atoms with Crippen molar-refractivity contribution < 1.29 is 0 Å². The van der Waals surface area contributed by atoms with Gasteiger partial charge >= 0.3 is 0 Å². The summed E-state index contributed by atoms with van der Waals surface area (Å²) < 4.78 is 0. The molecule has 2 unspecified atom stereocenters. The number of anilines is 1. The van der Waals surface area contributed by atoms with Gasteiger partial charge in [-0.15, -0.1) is 0 Å². The number of nitrogens with one attached hydrogen (secondary N) is 2. The van der Waals surface area contributed by atoms with Gasteiger partial charge in [0.15, 0.2) is 0 Å². The molecule has 5 rings (SSSR count). The van der Waals surface area contributed by atoms with Crippen molar-refractivity contribution in [2.24, 2.45) is 5.92 Å². The van der Waals surface area contributed by atoms with Crippen LogP contribution in [0, 0.1) is 11.3 Å². The molecule has 0 bridgehead atoms. The first kappa shape index (κ1) is 20.8. The molecule has 0 saturated carbocycles. The Morgan fingerprint density at radius 1 is 0.688 bits per heavy atom. The van der Waals surface area contributed by atoms with Crippen LogP contribution in [0.3, 0.4) is 0 Å².